The van der Waals surface area contributed by atoms with Crippen LogP contribution in [-0.2, 0) is 17.8 Å². The molecule has 0 aliphatic heterocycles. The predicted octanol–water partition coefficient (Wildman–Crippen LogP) is 0.391. The summed E-state index contributed by atoms with van der Waals surface area (Å²) in [5.41, 5.74) is 0.964. The number of nitrogens with zero attached hydrogens (tertiary/aromatic N) is 5. The number of carbonyl (C=O) groups excluding carboxylic acids is 1. The Morgan fingerprint density at radius 1 is 1.35 bits per heavy atom. The fraction of sp³-hybridized carbons (Fsp3) is 0.533. The average Bonchev–Trinajstić information content (AvgIpc) is 2.91. The smallest absolute Gasteiger partial charge is 0.348 e. The molecule has 0 aromatic carbocycles. The number of amides is 1. The highest BCUT2D eigenvalue weighted by Gasteiger charge is 2.10. The van der Waals surface area contributed by atoms with Crippen molar-refractivity contribution < 1.29 is 4.79 Å². The molecule has 1 N–H and O–H groups in total. The van der Waals surface area contributed by atoms with Gasteiger partial charge in [0.15, 0.2) is 0 Å². The van der Waals surface area contributed by atoms with Crippen molar-refractivity contribution in [3.63, 3.8) is 0 Å². The third-order valence-corrected chi connectivity index (χ3v) is 3.52. The molecule has 0 bridgehead atoms. The van der Waals surface area contributed by atoms with Crippen LogP contribution in [0.3, 0.4) is 0 Å². The van der Waals surface area contributed by atoms with E-state index in [-0.39, 0.29) is 18.5 Å². The van der Waals surface area contributed by atoms with E-state index in [0.717, 1.165) is 11.5 Å². The maximum atomic E-state index is 12.0. The Bertz CT molecular complexity index is 747. The van der Waals surface area contributed by atoms with Gasteiger partial charge in [-0.25, -0.2) is 4.79 Å². The van der Waals surface area contributed by atoms with Crippen LogP contribution in [0.2, 0.25) is 0 Å². The minimum Gasteiger partial charge on any atom is -0.354 e. The van der Waals surface area contributed by atoms with E-state index in [4.69, 9.17) is 0 Å². The standard InChI is InChI=1S/C15H22N6O2/c1-10(2)21-9-17-19-13(21)5-6-16-14(22)8-20-12(4)7-11(3)18-15(20)23/h7,9-10H,5-6,8H2,1-4H3,(H,16,22). The molecule has 1 amide bonds. The van der Waals surface area contributed by atoms with Crippen molar-refractivity contribution in [3.8, 4) is 0 Å². The molecule has 0 fully saturated rings. The summed E-state index contributed by atoms with van der Waals surface area (Å²) in [6, 6.07) is 2.05. The van der Waals surface area contributed by atoms with Gasteiger partial charge < -0.3 is 9.88 Å². The predicted molar refractivity (Wildman–Crippen MR) is 85.1 cm³/mol. The highest BCUT2D eigenvalue weighted by molar-refractivity contribution is 5.75. The van der Waals surface area contributed by atoms with Gasteiger partial charge in [0, 0.05) is 30.4 Å². The van der Waals surface area contributed by atoms with E-state index in [1.54, 1.807) is 26.2 Å². The second-order valence-electron chi connectivity index (χ2n) is 5.76. The maximum absolute atomic E-state index is 12.0. The topological polar surface area (TPSA) is 94.7 Å². The molecule has 2 aromatic heterocycles. The fourth-order valence-electron chi connectivity index (χ4n) is 2.36. The SMILES string of the molecule is Cc1cc(C)n(CC(=O)NCCc2nncn2C(C)C)c(=O)n1. The van der Waals surface area contributed by atoms with Crippen molar-refractivity contribution in [2.24, 2.45) is 0 Å². The first-order valence-electron chi connectivity index (χ1n) is 7.58. The first-order chi connectivity index (χ1) is 10.9. The van der Waals surface area contributed by atoms with Crippen molar-refractivity contribution in [2.75, 3.05) is 6.54 Å². The van der Waals surface area contributed by atoms with Gasteiger partial charge in [-0.15, -0.1) is 10.2 Å². The summed E-state index contributed by atoms with van der Waals surface area (Å²) in [6.45, 7) is 8.04. The van der Waals surface area contributed by atoms with E-state index in [0.29, 0.717) is 18.7 Å². The molecule has 8 heteroatoms. The van der Waals surface area contributed by atoms with Gasteiger partial charge in [0.25, 0.3) is 0 Å². The lowest BCUT2D eigenvalue weighted by Crippen LogP contribution is -2.35. The lowest BCUT2D eigenvalue weighted by atomic mass is 10.3. The Morgan fingerprint density at radius 2 is 2.09 bits per heavy atom. The molecule has 0 saturated heterocycles. The van der Waals surface area contributed by atoms with Gasteiger partial charge in [-0.2, -0.15) is 4.98 Å². The summed E-state index contributed by atoms with van der Waals surface area (Å²) in [5.74, 6) is 0.599. The molecule has 0 radical (unpaired) electrons. The average molecular weight is 318 g/mol. The summed E-state index contributed by atoms with van der Waals surface area (Å²) in [4.78, 5) is 27.7. The third kappa shape index (κ3) is 4.24. The van der Waals surface area contributed by atoms with Gasteiger partial charge in [-0.3, -0.25) is 9.36 Å². The Balaban J connectivity index is 1.91. The van der Waals surface area contributed by atoms with Crippen LogP contribution < -0.4 is 11.0 Å². The van der Waals surface area contributed by atoms with E-state index in [9.17, 15) is 9.59 Å². The summed E-state index contributed by atoms with van der Waals surface area (Å²) in [6.07, 6.45) is 2.27. The van der Waals surface area contributed by atoms with Crippen LogP contribution in [-0.4, -0.2) is 36.8 Å². The van der Waals surface area contributed by atoms with Gasteiger partial charge in [-0.1, -0.05) is 0 Å². The highest BCUT2D eigenvalue weighted by atomic mass is 16.2. The Kier molecular flexibility index (Phi) is 5.25. The minimum absolute atomic E-state index is 0.0329. The second kappa shape index (κ2) is 7.17. The summed E-state index contributed by atoms with van der Waals surface area (Å²) in [5, 5.41) is 10.7. The number of nitrogens with one attached hydrogen (secondary N) is 1. The molecule has 8 nitrogen and oxygen atoms in total. The zero-order valence-electron chi connectivity index (χ0n) is 13.9. The molecule has 2 rings (SSSR count). The van der Waals surface area contributed by atoms with Crippen LogP contribution >= 0.6 is 0 Å². The molecule has 0 spiro atoms. The summed E-state index contributed by atoms with van der Waals surface area (Å²) < 4.78 is 3.32. The van der Waals surface area contributed by atoms with Gasteiger partial charge >= 0.3 is 5.69 Å². The molecular formula is C15H22N6O2. The third-order valence-electron chi connectivity index (χ3n) is 3.52. The van der Waals surface area contributed by atoms with E-state index >= 15 is 0 Å². The van der Waals surface area contributed by atoms with Crippen LogP contribution in [0.1, 0.15) is 37.1 Å². The van der Waals surface area contributed by atoms with Crippen LogP contribution in [0.25, 0.3) is 0 Å². The van der Waals surface area contributed by atoms with Crippen molar-refractivity contribution in [2.45, 2.75) is 46.7 Å². The zero-order chi connectivity index (χ0) is 17.0. The number of aromatic nitrogens is 5. The van der Waals surface area contributed by atoms with Gasteiger partial charge in [0.1, 0.15) is 18.7 Å². The molecule has 0 aliphatic carbocycles. The number of aryl methyl sites for hydroxylation is 2. The molecular weight excluding hydrogens is 296 g/mol. The molecule has 2 aromatic rings. The highest BCUT2D eigenvalue weighted by Crippen LogP contribution is 2.06. The van der Waals surface area contributed by atoms with Crippen molar-refractivity contribution in [1.82, 2.24) is 29.6 Å². The molecule has 2 heterocycles. The first-order valence-corrected chi connectivity index (χ1v) is 7.58. The lowest BCUT2D eigenvalue weighted by molar-refractivity contribution is -0.121. The second-order valence-corrected chi connectivity index (χ2v) is 5.76. The number of rotatable bonds is 6. The lowest BCUT2D eigenvalue weighted by Gasteiger charge is -2.11. The largest absolute Gasteiger partial charge is 0.354 e. The number of hydrogen-bond acceptors (Lipinski definition) is 5. The van der Waals surface area contributed by atoms with E-state index in [2.05, 4.69) is 20.5 Å². The number of carbonyl (C=O) groups is 1. The van der Waals surface area contributed by atoms with Gasteiger partial charge in [-0.05, 0) is 33.8 Å². The van der Waals surface area contributed by atoms with Crippen molar-refractivity contribution >= 4 is 5.91 Å². The first kappa shape index (κ1) is 16.9. The number of hydrogen-bond donors (Lipinski definition) is 1. The molecule has 0 aliphatic rings. The Hall–Kier alpha value is -2.51. The van der Waals surface area contributed by atoms with Crippen LogP contribution in [0.15, 0.2) is 17.2 Å². The minimum atomic E-state index is -0.405. The van der Waals surface area contributed by atoms with E-state index in [1.807, 2.05) is 18.4 Å². The molecule has 0 atom stereocenters. The molecule has 0 unspecified atom stereocenters. The fourth-order valence-corrected chi connectivity index (χ4v) is 2.36. The van der Waals surface area contributed by atoms with E-state index < -0.39 is 5.69 Å². The van der Waals surface area contributed by atoms with Crippen LogP contribution in [0.4, 0.5) is 0 Å². The zero-order valence-corrected chi connectivity index (χ0v) is 13.9. The quantitative estimate of drug-likeness (QED) is 0.831. The summed E-state index contributed by atoms with van der Waals surface area (Å²) in [7, 11) is 0. The molecule has 124 valence electrons. The van der Waals surface area contributed by atoms with Crippen LogP contribution in [0, 0.1) is 13.8 Å². The summed E-state index contributed by atoms with van der Waals surface area (Å²) >= 11 is 0. The Morgan fingerprint density at radius 3 is 2.74 bits per heavy atom. The monoisotopic (exact) mass is 318 g/mol. The molecule has 23 heavy (non-hydrogen) atoms. The Labute approximate surface area is 134 Å². The maximum Gasteiger partial charge on any atom is 0.348 e. The van der Waals surface area contributed by atoms with Crippen molar-refractivity contribution in [1.29, 1.82) is 0 Å². The van der Waals surface area contributed by atoms with Gasteiger partial charge in [0.2, 0.25) is 5.91 Å². The van der Waals surface area contributed by atoms with Crippen LogP contribution in [0.5, 0.6) is 0 Å². The van der Waals surface area contributed by atoms with Crippen molar-refractivity contribution in [3.05, 3.63) is 40.1 Å². The van der Waals surface area contributed by atoms with E-state index in [1.165, 1.54) is 4.57 Å². The molecule has 0 saturated carbocycles. The normalized spacial score (nSPS) is 11.0. The van der Waals surface area contributed by atoms with Gasteiger partial charge in [0.05, 0.1) is 0 Å².